The Balaban J connectivity index is 1.91. The largest absolute Gasteiger partial charge is 0.481 e. The van der Waals surface area contributed by atoms with Gasteiger partial charge in [0.25, 0.3) is 0 Å². The Kier molecular flexibility index (Phi) is 5.14. The van der Waals surface area contributed by atoms with Crippen molar-refractivity contribution in [2.24, 2.45) is 5.92 Å². The first-order chi connectivity index (χ1) is 10.1. The Morgan fingerprint density at radius 2 is 2.10 bits per heavy atom. The highest BCUT2D eigenvalue weighted by molar-refractivity contribution is 5.81. The van der Waals surface area contributed by atoms with E-state index in [1.165, 1.54) is 0 Å². The quantitative estimate of drug-likeness (QED) is 0.811. The van der Waals surface area contributed by atoms with Crippen LogP contribution in [0.2, 0.25) is 0 Å². The zero-order valence-electron chi connectivity index (χ0n) is 12.6. The Morgan fingerprint density at radius 3 is 2.86 bits per heavy atom. The van der Waals surface area contributed by atoms with Crippen LogP contribution in [-0.2, 0) is 4.79 Å². The van der Waals surface area contributed by atoms with Crippen molar-refractivity contribution in [3.05, 3.63) is 35.9 Å². The van der Waals surface area contributed by atoms with E-state index in [4.69, 9.17) is 5.11 Å². The van der Waals surface area contributed by atoms with Gasteiger partial charge in [-0.1, -0.05) is 25.1 Å². The second kappa shape index (κ2) is 7.07. The van der Waals surface area contributed by atoms with Gasteiger partial charge in [0.15, 0.2) is 0 Å². The van der Waals surface area contributed by atoms with E-state index in [0.29, 0.717) is 5.92 Å². The van der Waals surface area contributed by atoms with Gasteiger partial charge < -0.3 is 10.4 Å². The van der Waals surface area contributed by atoms with Crippen LogP contribution >= 0.6 is 0 Å². The predicted molar refractivity (Wildman–Crippen MR) is 85.6 cm³/mol. The number of carboxylic acid groups (broad SMARTS) is 1. The molecule has 4 nitrogen and oxygen atoms in total. The van der Waals surface area contributed by atoms with Gasteiger partial charge in [-0.25, -0.2) is 4.98 Å². The van der Waals surface area contributed by atoms with Gasteiger partial charge in [0.2, 0.25) is 0 Å². The third-order valence-electron chi connectivity index (χ3n) is 3.70. The van der Waals surface area contributed by atoms with Gasteiger partial charge in [-0.15, -0.1) is 0 Å². The molecule has 0 spiro atoms. The lowest BCUT2D eigenvalue weighted by Crippen LogP contribution is -2.10. The number of nitrogens with one attached hydrogen (secondary N) is 1. The first kappa shape index (κ1) is 15.3. The summed E-state index contributed by atoms with van der Waals surface area (Å²) < 4.78 is 0. The number of hydrogen-bond donors (Lipinski definition) is 2. The zero-order valence-corrected chi connectivity index (χ0v) is 12.6. The number of pyridine rings is 1. The van der Waals surface area contributed by atoms with Crippen molar-refractivity contribution in [3.8, 4) is 0 Å². The van der Waals surface area contributed by atoms with E-state index in [1.54, 1.807) is 0 Å². The normalized spacial score (nSPS) is 12.3. The van der Waals surface area contributed by atoms with Crippen LogP contribution in [0.15, 0.2) is 30.3 Å². The first-order valence-corrected chi connectivity index (χ1v) is 7.38. The number of fused-ring (bicyclic) bond motifs is 1. The van der Waals surface area contributed by atoms with E-state index >= 15 is 0 Å². The molecule has 1 unspecified atom stereocenters. The summed E-state index contributed by atoms with van der Waals surface area (Å²) in [6.07, 6.45) is 1.91. The number of rotatable bonds is 7. The Labute approximate surface area is 125 Å². The number of aromatic nitrogens is 1. The van der Waals surface area contributed by atoms with Gasteiger partial charge in [-0.3, -0.25) is 4.79 Å². The lowest BCUT2D eigenvalue weighted by atomic mass is 10.0. The van der Waals surface area contributed by atoms with E-state index in [1.807, 2.05) is 18.2 Å². The fourth-order valence-electron chi connectivity index (χ4n) is 2.35. The molecule has 0 amide bonds. The lowest BCUT2D eigenvalue weighted by molar-refractivity contribution is -0.137. The summed E-state index contributed by atoms with van der Waals surface area (Å²) in [6, 6.07) is 10.2. The monoisotopic (exact) mass is 286 g/mol. The summed E-state index contributed by atoms with van der Waals surface area (Å²) in [4.78, 5) is 15.2. The summed E-state index contributed by atoms with van der Waals surface area (Å²) in [7, 11) is 0. The van der Waals surface area contributed by atoms with Crippen molar-refractivity contribution in [1.29, 1.82) is 0 Å². The van der Waals surface area contributed by atoms with Crippen LogP contribution in [0.3, 0.4) is 0 Å². The smallest absolute Gasteiger partial charge is 0.303 e. The molecule has 0 aliphatic heterocycles. The SMILES string of the molecule is Cc1cc2ccccc2nc1NCCC(C)CCC(=O)O. The number of anilines is 1. The van der Waals surface area contributed by atoms with Gasteiger partial charge in [-0.2, -0.15) is 0 Å². The molecule has 2 N–H and O–H groups in total. The van der Waals surface area contributed by atoms with Crippen LogP contribution in [-0.4, -0.2) is 22.6 Å². The lowest BCUT2D eigenvalue weighted by Gasteiger charge is -2.13. The maximum Gasteiger partial charge on any atom is 0.303 e. The average molecular weight is 286 g/mol. The molecule has 1 aromatic heterocycles. The zero-order chi connectivity index (χ0) is 15.2. The fourth-order valence-corrected chi connectivity index (χ4v) is 2.35. The third-order valence-corrected chi connectivity index (χ3v) is 3.70. The maximum atomic E-state index is 10.5. The molecule has 21 heavy (non-hydrogen) atoms. The van der Waals surface area contributed by atoms with E-state index in [2.05, 4.69) is 36.3 Å². The van der Waals surface area contributed by atoms with E-state index in [0.717, 1.165) is 41.7 Å². The molecule has 1 heterocycles. The Hall–Kier alpha value is -2.10. The van der Waals surface area contributed by atoms with Gasteiger partial charge >= 0.3 is 5.97 Å². The molecule has 0 fully saturated rings. The first-order valence-electron chi connectivity index (χ1n) is 7.38. The van der Waals surface area contributed by atoms with Gasteiger partial charge in [-0.05, 0) is 43.4 Å². The molecule has 0 saturated carbocycles. The molecule has 112 valence electrons. The minimum absolute atomic E-state index is 0.244. The minimum atomic E-state index is -0.721. The summed E-state index contributed by atoms with van der Waals surface area (Å²) >= 11 is 0. The van der Waals surface area contributed by atoms with Crippen LogP contribution in [0.1, 0.15) is 31.7 Å². The van der Waals surface area contributed by atoms with Crippen molar-refractivity contribution in [1.82, 2.24) is 4.98 Å². The number of aryl methyl sites for hydroxylation is 1. The minimum Gasteiger partial charge on any atom is -0.481 e. The number of benzene rings is 1. The molecular formula is C17H22N2O2. The highest BCUT2D eigenvalue weighted by Gasteiger charge is 2.07. The molecule has 1 aromatic carbocycles. The van der Waals surface area contributed by atoms with Crippen molar-refractivity contribution in [2.75, 3.05) is 11.9 Å². The number of nitrogens with zero attached hydrogens (tertiary/aromatic N) is 1. The maximum absolute atomic E-state index is 10.5. The molecule has 1 atom stereocenters. The van der Waals surface area contributed by atoms with Crippen molar-refractivity contribution < 1.29 is 9.90 Å². The molecular weight excluding hydrogens is 264 g/mol. The van der Waals surface area contributed by atoms with E-state index in [9.17, 15) is 4.79 Å². The molecule has 0 radical (unpaired) electrons. The van der Waals surface area contributed by atoms with Gasteiger partial charge in [0.1, 0.15) is 5.82 Å². The second-order valence-electron chi connectivity index (χ2n) is 5.60. The number of hydrogen-bond acceptors (Lipinski definition) is 3. The summed E-state index contributed by atoms with van der Waals surface area (Å²) in [5, 5.41) is 13.2. The van der Waals surface area contributed by atoms with Crippen molar-refractivity contribution in [3.63, 3.8) is 0 Å². The summed E-state index contributed by atoms with van der Waals surface area (Å²) in [5.74, 6) is 0.593. The Morgan fingerprint density at radius 1 is 1.33 bits per heavy atom. The summed E-state index contributed by atoms with van der Waals surface area (Å²) in [6.45, 7) is 4.95. The summed E-state index contributed by atoms with van der Waals surface area (Å²) in [5.41, 5.74) is 2.12. The predicted octanol–water partition coefficient (Wildman–Crippen LogP) is 3.85. The Bertz CT molecular complexity index is 625. The molecule has 0 saturated heterocycles. The van der Waals surface area contributed by atoms with Crippen LogP contribution in [0.5, 0.6) is 0 Å². The molecule has 0 bridgehead atoms. The van der Waals surface area contributed by atoms with Gasteiger partial charge in [0.05, 0.1) is 5.52 Å². The molecule has 0 aliphatic rings. The van der Waals surface area contributed by atoms with Crippen molar-refractivity contribution >= 4 is 22.7 Å². The van der Waals surface area contributed by atoms with Gasteiger partial charge in [0, 0.05) is 18.4 Å². The van der Waals surface area contributed by atoms with E-state index < -0.39 is 5.97 Å². The third kappa shape index (κ3) is 4.45. The van der Waals surface area contributed by atoms with Crippen molar-refractivity contribution in [2.45, 2.75) is 33.1 Å². The van der Waals surface area contributed by atoms with Crippen LogP contribution < -0.4 is 5.32 Å². The average Bonchev–Trinajstić information content (AvgIpc) is 2.45. The highest BCUT2D eigenvalue weighted by atomic mass is 16.4. The molecule has 4 heteroatoms. The van der Waals surface area contributed by atoms with Crippen LogP contribution in [0, 0.1) is 12.8 Å². The number of aliphatic carboxylic acids is 1. The fraction of sp³-hybridized carbons (Fsp3) is 0.412. The highest BCUT2D eigenvalue weighted by Crippen LogP contribution is 2.20. The second-order valence-corrected chi connectivity index (χ2v) is 5.60. The van der Waals surface area contributed by atoms with Crippen LogP contribution in [0.4, 0.5) is 5.82 Å². The molecule has 2 aromatic rings. The van der Waals surface area contributed by atoms with Crippen LogP contribution in [0.25, 0.3) is 10.9 Å². The number of para-hydroxylation sites is 1. The number of carboxylic acids is 1. The standard InChI is InChI=1S/C17H22N2O2/c1-12(7-8-16(20)21)9-10-18-17-13(2)11-14-5-3-4-6-15(14)19-17/h3-6,11-12H,7-10H2,1-2H3,(H,18,19)(H,20,21). The number of carbonyl (C=O) groups is 1. The molecule has 2 rings (SSSR count). The topological polar surface area (TPSA) is 62.2 Å². The molecule has 0 aliphatic carbocycles. The van der Waals surface area contributed by atoms with E-state index in [-0.39, 0.29) is 6.42 Å².